The number of unbranched alkanes of at least 4 members (excludes halogenated alkanes) is 2. The molecule has 0 bridgehead atoms. The van der Waals surface area contributed by atoms with Gasteiger partial charge in [0.1, 0.15) is 11.6 Å². The van der Waals surface area contributed by atoms with Crippen LogP contribution in [0.4, 0.5) is 0 Å². The van der Waals surface area contributed by atoms with E-state index in [1.807, 2.05) is 24.3 Å². The predicted octanol–water partition coefficient (Wildman–Crippen LogP) is 6.62. The van der Waals surface area contributed by atoms with Crippen molar-refractivity contribution in [1.82, 2.24) is 9.55 Å². The summed E-state index contributed by atoms with van der Waals surface area (Å²) in [7, 11) is 0. The van der Waals surface area contributed by atoms with E-state index in [1.165, 1.54) is 19.3 Å². The number of halogens is 1. The Hall–Kier alpha value is -1.60. The molecule has 0 radical (unpaired) electrons. The molecule has 2 N–H and O–H groups in total. The lowest BCUT2D eigenvalue weighted by atomic mass is 9.89. The zero-order valence-corrected chi connectivity index (χ0v) is 20.2. The van der Waals surface area contributed by atoms with Gasteiger partial charge in [0.2, 0.25) is 0 Å². The summed E-state index contributed by atoms with van der Waals surface area (Å²) >= 11 is 2.30. The number of nitrogens with zero attached hydrogens (tertiary/aromatic N) is 2. The van der Waals surface area contributed by atoms with Crippen LogP contribution in [0.2, 0.25) is 0 Å². The molecule has 3 aromatic rings. The van der Waals surface area contributed by atoms with Crippen LogP contribution in [0.1, 0.15) is 69.9 Å². The summed E-state index contributed by atoms with van der Waals surface area (Å²) < 4.78 is 3.40. The van der Waals surface area contributed by atoms with E-state index in [0.717, 1.165) is 58.2 Å². The van der Waals surface area contributed by atoms with Crippen LogP contribution in [0.15, 0.2) is 42.5 Å². The molecule has 0 fully saturated rings. The summed E-state index contributed by atoms with van der Waals surface area (Å²) in [6, 6.07) is 13.6. The van der Waals surface area contributed by atoms with E-state index in [4.69, 9.17) is 4.98 Å². The molecular formula is C25H33IN2O2. The number of aromatic nitrogens is 2. The first kappa shape index (κ1) is 23.1. The summed E-state index contributed by atoms with van der Waals surface area (Å²) in [4.78, 5) is 4.90. The Kier molecular flexibility index (Phi) is 8.57. The second kappa shape index (κ2) is 11.1. The fraction of sp³-hybridized carbons (Fsp3) is 0.480. The number of imidazole rings is 1. The van der Waals surface area contributed by atoms with Crippen molar-refractivity contribution < 1.29 is 10.2 Å². The third-order valence-corrected chi connectivity index (χ3v) is 6.41. The number of aliphatic hydroxyl groups is 1. The van der Waals surface area contributed by atoms with Gasteiger partial charge in [-0.05, 0) is 77.6 Å². The number of phenols is 1. The van der Waals surface area contributed by atoms with Crippen molar-refractivity contribution in [3.05, 3.63) is 57.4 Å². The van der Waals surface area contributed by atoms with Crippen LogP contribution < -0.4 is 0 Å². The first-order valence-corrected chi connectivity index (χ1v) is 12.2. The van der Waals surface area contributed by atoms with Crippen molar-refractivity contribution in [3.8, 4) is 5.75 Å². The maximum Gasteiger partial charge on any atom is 0.117 e. The Morgan fingerprint density at radius 1 is 1.07 bits per heavy atom. The summed E-state index contributed by atoms with van der Waals surface area (Å²) in [5.74, 6) is 1.71. The Balaban J connectivity index is 1.84. The molecule has 5 heteroatoms. The van der Waals surface area contributed by atoms with Gasteiger partial charge in [-0.2, -0.15) is 0 Å². The number of rotatable bonds is 11. The standard InChI is InChI=1S/C25H33IN2O2/c1-3-5-6-8-18(14-24(30)19-9-7-10-20(26)16-19)15-25-27-22-12-11-21(29)17-23(22)28(25)13-4-2/h7,9-12,16-18,24,29-30H,3-6,8,13-15H2,1-2H3. The monoisotopic (exact) mass is 520 g/mol. The van der Waals surface area contributed by atoms with Crippen LogP contribution in [0, 0.1) is 9.49 Å². The minimum atomic E-state index is -0.459. The highest BCUT2D eigenvalue weighted by Gasteiger charge is 2.20. The van der Waals surface area contributed by atoms with Crippen molar-refractivity contribution in [1.29, 1.82) is 0 Å². The van der Waals surface area contributed by atoms with Crippen LogP contribution in [-0.2, 0) is 13.0 Å². The molecule has 0 aliphatic rings. The Labute approximate surface area is 193 Å². The molecule has 162 valence electrons. The summed E-state index contributed by atoms with van der Waals surface area (Å²) in [6.45, 7) is 5.28. The summed E-state index contributed by atoms with van der Waals surface area (Å²) in [5, 5.41) is 20.9. The average molecular weight is 520 g/mol. The molecule has 0 saturated heterocycles. The fourth-order valence-electron chi connectivity index (χ4n) is 4.20. The Morgan fingerprint density at radius 2 is 1.90 bits per heavy atom. The van der Waals surface area contributed by atoms with E-state index in [2.05, 4.69) is 53.1 Å². The van der Waals surface area contributed by atoms with Gasteiger partial charge in [0.15, 0.2) is 0 Å². The van der Waals surface area contributed by atoms with E-state index < -0.39 is 6.10 Å². The maximum absolute atomic E-state index is 10.9. The number of aromatic hydroxyl groups is 1. The van der Waals surface area contributed by atoms with Gasteiger partial charge in [-0.25, -0.2) is 4.98 Å². The molecule has 2 unspecified atom stereocenters. The van der Waals surface area contributed by atoms with Gasteiger partial charge in [-0.15, -0.1) is 0 Å². The van der Waals surface area contributed by atoms with Gasteiger partial charge in [-0.3, -0.25) is 0 Å². The van der Waals surface area contributed by atoms with Gasteiger partial charge >= 0.3 is 0 Å². The van der Waals surface area contributed by atoms with Crippen molar-refractivity contribution in [2.75, 3.05) is 0 Å². The topological polar surface area (TPSA) is 58.3 Å². The first-order valence-electron chi connectivity index (χ1n) is 11.1. The molecule has 2 aromatic carbocycles. The van der Waals surface area contributed by atoms with E-state index in [9.17, 15) is 10.2 Å². The number of hydrogen-bond acceptors (Lipinski definition) is 3. The maximum atomic E-state index is 10.9. The molecular weight excluding hydrogens is 487 g/mol. The van der Waals surface area contributed by atoms with Crippen LogP contribution >= 0.6 is 22.6 Å². The number of aliphatic hydroxyl groups excluding tert-OH is 1. The number of phenolic OH excluding ortho intramolecular Hbond substituents is 1. The molecule has 0 amide bonds. The molecule has 1 aromatic heterocycles. The molecule has 0 aliphatic carbocycles. The van der Waals surface area contributed by atoms with Gasteiger partial charge in [0.05, 0.1) is 17.1 Å². The molecule has 30 heavy (non-hydrogen) atoms. The van der Waals surface area contributed by atoms with Crippen LogP contribution in [0.5, 0.6) is 5.75 Å². The lowest BCUT2D eigenvalue weighted by Crippen LogP contribution is -2.14. The molecule has 0 spiro atoms. The molecule has 0 saturated carbocycles. The van der Waals surface area contributed by atoms with E-state index in [1.54, 1.807) is 6.07 Å². The van der Waals surface area contributed by atoms with Crippen molar-refractivity contribution in [3.63, 3.8) is 0 Å². The van der Waals surface area contributed by atoms with Crippen molar-refractivity contribution in [2.45, 2.75) is 71.4 Å². The molecule has 0 aliphatic heterocycles. The van der Waals surface area contributed by atoms with Gasteiger partial charge < -0.3 is 14.8 Å². The van der Waals surface area contributed by atoms with Crippen LogP contribution in [0.3, 0.4) is 0 Å². The Bertz CT molecular complexity index is 953. The quantitative estimate of drug-likeness (QED) is 0.221. The second-order valence-corrected chi connectivity index (χ2v) is 9.47. The van der Waals surface area contributed by atoms with Gasteiger partial charge in [-0.1, -0.05) is 45.2 Å². The van der Waals surface area contributed by atoms with Crippen LogP contribution in [0.25, 0.3) is 11.0 Å². The lowest BCUT2D eigenvalue weighted by Gasteiger charge is -2.21. The zero-order chi connectivity index (χ0) is 21.5. The van der Waals surface area contributed by atoms with Gasteiger partial charge in [0, 0.05) is 22.6 Å². The number of hydrogen-bond donors (Lipinski definition) is 2. The van der Waals surface area contributed by atoms with Crippen molar-refractivity contribution >= 4 is 33.6 Å². The normalized spacial score (nSPS) is 13.6. The fourth-order valence-corrected chi connectivity index (χ4v) is 4.77. The van der Waals surface area contributed by atoms with Gasteiger partial charge in [0.25, 0.3) is 0 Å². The number of aryl methyl sites for hydroxylation is 1. The highest BCUT2D eigenvalue weighted by Crippen LogP contribution is 2.30. The first-order chi connectivity index (χ1) is 14.5. The summed E-state index contributed by atoms with van der Waals surface area (Å²) in [6.07, 6.45) is 6.82. The summed E-state index contributed by atoms with van der Waals surface area (Å²) in [5.41, 5.74) is 2.92. The predicted molar refractivity (Wildman–Crippen MR) is 132 cm³/mol. The largest absolute Gasteiger partial charge is 0.508 e. The third kappa shape index (κ3) is 5.97. The smallest absolute Gasteiger partial charge is 0.117 e. The second-order valence-electron chi connectivity index (χ2n) is 8.23. The van der Waals surface area contributed by atoms with E-state index in [0.29, 0.717) is 5.92 Å². The molecule has 2 atom stereocenters. The average Bonchev–Trinajstić information content (AvgIpc) is 3.05. The lowest BCUT2D eigenvalue weighted by molar-refractivity contribution is 0.139. The zero-order valence-electron chi connectivity index (χ0n) is 18.0. The molecule has 4 nitrogen and oxygen atoms in total. The number of benzene rings is 2. The minimum absolute atomic E-state index is 0.278. The minimum Gasteiger partial charge on any atom is -0.508 e. The molecule has 1 heterocycles. The molecule has 3 rings (SSSR count). The highest BCUT2D eigenvalue weighted by atomic mass is 127. The van der Waals surface area contributed by atoms with Crippen LogP contribution in [-0.4, -0.2) is 19.8 Å². The Morgan fingerprint density at radius 3 is 2.63 bits per heavy atom. The van der Waals surface area contributed by atoms with Crippen molar-refractivity contribution in [2.24, 2.45) is 5.92 Å². The van der Waals surface area contributed by atoms with E-state index >= 15 is 0 Å². The number of fused-ring (bicyclic) bond motifs is 1. The third-order valence-electron chi connectivity index (χ3n) is 5.74. The van der Waals surface area contributed by atoms with E-state index in [-0.39, 0.29) is 5.75 Å². The SMILES string of the molecule is CCCCCC(Cc1nc2ccc(O)cc2n1CCC)CC(O)c1cccc(I)c1. The highest BCUT2D eigenvalue weighted by molar-refractivity contribution is 14.1.